The second-order valence-corrected chi connectivity index (χ2v) is 4.91. The van der Waals surface area contributed by atoms with Crippen LogP contribution in [-0.2, 0) is 17.6 Å². The lowest BCUT2D eigenvalue weighted by molar-refractivity contribution is 0.0182. The molecule has 112 valence electrons. The van der Waals surface area contributed by atoms with Gasteiger partial charge in [-0.05, 0) is 25.8 Å². The van der Waals surface area contributed by atoms with E-state index in [0.717, 1.165) is 31.5 Å². The first-order valence-corrected chi connectivity index (χ1v) is 7.14. The van der Waals surface area contributed by atoms with Crippen molar-refractivity contribution in [2.45, 2.75) is 45.1 Å². The number of hydrogen-bond donors (Lipinski definition) is 1. The fourth-order valence-corrected chi connectivity index (χ4v) is 2.50. The number of ether oxygens (including phenoxy) is 1. The van der Waals surface area contributed by atoms with E-state index >= 15 is 0 Å². The van der Waals surface area contributed by atoms with E-state index in [1.165, 1.54) is 5.56 Å². The summed E-state index contributed by atoms with van der Waals surface area (Å²) >= 11 is 0. The van der Waals surface area contributed by atoms with Crippen LogP contribution in [0, 0.1) is 0 Å². The largest absolute Gasteiger partial charge is 0.375 e. The summed E-state index contributed by atoms with van der Waals surface area (Å²) in [5, 5.41) is 3.44. The van der Waals surface area contributed by atoms with Gasteiger partial charge in [-0.1, -0.05) is 6.92 Å². The average molecular weight is 285 g/mol. The van der Waals surface area contributed by atoms with Gasteiger partial charge in [-0.25, -0.2) is 18.7 Å². The molecule has 0 spiro atoms. The fraction of sp³-hybridized carbons (Fsp3) is 0.714. The van der Waals surface area contributed by atoms with Crippen LogP contribution in [0.3, 0.4) is 0 Å². The molecule has 1 aromatic rings. The van der Waals surface area contributed by atoms with Gasteiger partial charge in [0.25, 0.3) is 6.43 Å². The summed E-state index contributed by atoms with van der Waals surface area (Å²) in [5.41, 5.74) is 2.26. The number of halogens is 2. The normalized spacial score (nSPS) is 18.3. The maximum absolute atomic E-state index is 11.9. The number of aryl methyl sites for hydroxylation is 1. The first kappa shape index (κ1) is 15.3. The monoisotopic (exact) mass is 285 g/mol. The van der Waals surface area contributed by atoms with Crippen LogP contribution < -0.4 is 5.32 Å². The Morgan fingerprint density at radius 2 is 2.35 bits per heavy atom. The van der Waals surface area contributed by atoms with E-state index < -0.39 is 13.0 Å². The summed E-state index contributed by atoms with van der Waals surface area (Å²) in [6, 6.07) is 0.341. The molecule has 1 unspecified atom stereocenters. The zero-order valence-corrected chi connectivity index (χ0v) is 11.7. The second kappa shape index (κ2) is 7.59. The van der Waals surface area contributed by atoms with Gasteiger partial charge >= 0.3 is 0 Å². The molecule has 0 fully saturated rings. The van der Waals surface area contributed by atoms with Crippen molar-refractivity contribution < 1.29 is 13.5 Å². The highest BCUT2D eigenvalue weighted by Gasteiger charge is 2.21. The molecule has 1 heterocycles. The zero-order valence-electron chi connectivity index (χ0n) is 11.7. The molecule has 1 aliphatic rings. The smallest absolute Gasteiger partial charge is 0.261 e. The Labute approximate surface area is 118 Å². The molecule has 1 aliphatic carbocycles. The molecule has 6 heteroatoms. The lowest BCUT2D eigenvalue weighted by atomic mass is 9.92. The van der Waals surface area contributed by atoms with Gasteiger partial charge in [-0.3, -0.25) is 0 Å². The highest BCUT2D eigenvalue weighted by molar-refractivity contribution is 5.24. The van der Waals surface area contributed by atoms with Gasteiger partial charge in [0.2, 0.25) is 0 Å². The molecule has 0 aromatic carbocycles. The molecular formula is C14H21F2N3O. The number of aromatic nitrogens is 2. The minimum atomic E-state index is -2.42. The van der Waals surface area contributed by atoms with Crippen LogP contribution in [0.1, 0.15) is 42.9 Å². The van der Waals surface area contributed by atoms with E-state index in [1.54, 1.807) is 0 Å². The van der Waals surface area contributed by atoms with E-state index in [1.807, 2.05) is 6.20 Å². The topological polar surface area (TPSA) is 47.0 Å². The van der Waals surface area contributed by atoms with Crippen LogP contribution in [-0.4, -0.2) is 36.2 Å². The molecule has 1 N–H and O–H groups in total. The van der Waals surface area contributed by atoms with Crippen LogP contribution >= 0.6 is 0 Å². The molecule has 1 atom stereocenters. The van der Waals surface area contributed by atoms with Crippen molar-refractivity contribution in [1.82, 2.24) is 15.3 Å². The summed E-state index contributed by atoms with van der Waals surface area (Å²) in [6.45, 7) is 2.73. The molecule has 2 rings (SSSR count). The van der Waals surface area contributed by atoms with Gasteiger partial charge in [-0.15, -0.1) is 0 Å². The number of nitrogens with one attached hydrogen (secondary N) is 1. The minimum absolute atomic E-state index is 0.236. The number of rotatable bonds is 7. The van der Waals surface area contributed by atoms with Crippen LogP contribution in [0.2, 0.25) is 0 Å². The zero-order chi connectivity index (χ0) is 14.4. The molecule has 20 heavy (non-hydrogen) atoms. The Hall–Kier alpha value is -1.14. The van der Waals surface area contributed by atoms with E-state index in [2.05, 4.69) is 22.2 Å². The van der Waals surface area contributed by atoms with Gasteiger partial charge in [0.1, 0.15) is 12.4 Å². The highest BCUT2D eigenvalue weighted by atomic mass is 19.3. The molecule has 0 saturated heterocycles. The average Bonchev–Trinajstić information content (AvgIpc) is 2.44. The molecule has 0 aliphatic heterocycles. The third-order valence-corrected chi connectivity index (χ3v) is 3.40. The predicted octanol–water partition coefficient (Wildman–Crippen LogP) is 2.29. The number of hydrogen-bond acceptors (Lipinski definition) is 4. The van der Waals surface area contributed by atoms with Crippen molar-refractivity contribution in [3.63, 3.8) is 0 Å². The van der Waals surface area contributed by atoms with E-state index in [0.29, 0.717) is 18.3 Å². The highest BCUT2D eigenvalue weighted by Crippen LogP contribution is 2.27. The minimum Gasteiger partial charge on any atom is -0.375 e. The maximum Gasteiger partial charge on any atom is 0.261 e. The quantitative estimate of drug-likeness (QED) is 0.781. The molecule has 4 nitrogen and oxygen atoms in total. The molecule has 0 amide bonds. The summed E-state index contributed by atoms with van der Waals surface area (Å²) in [5.74, 6) is 0.676. The van der Waals surface area contributed by atoms with Gasteiger partial charge in [0.05, 0.1) is 6.61 Å². The standard InChI is InChI=1S/C14H21F2N3O/c1-2-17-11-4-3-5-12-10(11)8-18-14(19-12)6-7-20-9-13(15)16/h8,11,13,17H,2-7,9H2,1H3. The van der Waals surface area contributed by atoms with Crippen molar-refractivity contribution in [2.24, 2.45) is 0 Å². The predicted molar refractivity (Wildman–Crippen MR) is 71.9 cm³/mol. The Morgan fingerprint density at radius 3 is 3.10 bits per heavy atom. The van der Waals surface area contributed by atoms with Crippen molar-refractivity contribution in [2.75, 3.05) is 19.8 Å². The van der Waals surface area contributed by atoms with Gasteiger partial charge in [0.15, 0.2) is 0 Å². The Morgan fingerprint density at radius 1 is 1.50 bits per heavy atom. The number of fused-ring (bicyclic) bond motifs is 1. The maximum atomic E-state index is 11.9. The van der Waals surface area contributed by atoms with Gasteiger partial charge in [-0.2, -0.15) is 0 Å². The summed E-state index contributed by atoms with van der Waals surface area (Å²) in [6.07, 6.45) is 3.12. The van der Waals surface area contributed by atoms with Gasteiger partial charge < -0.3 is 10.1 Å². The molecule has 0 radical (unpaired) electrons. The first-order valence-electron chi connectivity index (χ1n) is 7.14. The first-order chi connectivity index (χ1) is 9.70. The third-order valence-electron chi connectivity index (χ3n) is 3.40. The van der Waals surface area contributed by atoms with E-state index in [-0.39, 0.29) is 6.61 Å². The Balaban J connectivity index is 1.93. The summed E-state index contributed by atoms with van der Waals surface area (Å²) in [7, 11) is 0. The van der Waals surface area contributed by atoms with Crippen molar-refractivity contribution in [3.05, 3.63) is 23.3 Å². The number of alkyl halides is 2. The molecular weight excluding hydrogens is 264 g/mol. The third kappa shape index (κ3) is 4.18. The summed E-state index contributed by atoms with van der Waals surface area (Å²) < 4.78 is 28.7. The van der Waals surface area contributed by atoms with Crippen LogP contribution in [0.4, 0.5) is 8.78 Å². The Kier molecular flexibility index (Phi) is 5.79. The van der Waals surface area contributed by atoms with Crippen LogP contribution in [0.25, 0.3) is 0 Å². The molecule has 1 aromatic heterocycles. The fourth-order valence-electron chi connectivity index (χ4n) is 2.50. The van der Waals surface area contributed by atoms with Crippen LogP contribution in [0.15, 0.2) is 6.20 Å². The molecule has 0 saturated carbocycles. The Bertz CT molecular complexity index is 429. The van der Waals surface area contributed by atoms with Crippen molar-refractivity contribution in [3.8, 4) is 0 Å². The lowest BCUT2D eigenvalue weighted by Gasteiger charge is -2.25. The van der Waals surface area contributed by atoms with Crippen molar-refractivity contribution in [1.29, 1.82) is 0 Å². The second-order valence-electron chi connectivity index (χ2n) is 4.91. The van der Waals surface area contributed by atoms with Crippen LogP contribution in [0.5, 0.6) is 0 Å². The van der Waals surface area contributed by atoms with Gasteiger partial charge in [0, 0.05) is 29.9 Å². The van der Waals surface area contributed by atoms with E-state index in [4.69, 9.17) is 4.74 Å². The van der Waals surface area contributed by atoms with Crippen molar-refractivity contribution >= 4 is 0 Å². The van der Waals surface area contributed by atoms with E-state index in [9.17, 15) is 8.78 Å². The summed E-state index contributed by atoms with van der Waals surface area (Å²) in [4.78, 5) is 8.87. The lowest BCUT2D eigenvalue weighted by Crippen LogP contribution is -2.26. The SMILES string of the molecule is CCNC1CCCc2nc(CCOCC(F)F)ncc21. The number of nitrogens with zero attached hydrogens (tertiary/aromatic N) is 2. The molecule has 0 bridgehead atoms.